The normalized spacial score (nSPS) is 11.0. The van der Waals surface area contributed by atoms with Gasteiger partial charge in [-0.25, -0.2) is 17.5 Å². The molecule has 2 rings (SSSR count). The molecule has 0 unspecified atom stereocenters. The highest BCUT2D eigenvalue weighted by Gasteiger charge is 2.18. The van der Waals surface area contributed by atoms with E-state index in [1.54, 1.807) is 13.0 Å². The Morgan fingerprint density at radius 1 is 1.42 bits per heavy atom. The second kappa shape index (κ2) is 4.70. The van der Waals surface area contributed by atoms with Gasteiger partial charge in [-0.15, -0.1) is 0 Å². The molecule has 0 amide bonds. The van der Waals surface area contributed by atoms with Gasteiger partial charge in [0.1, 0.15) is 11.9 Å². The van der Waals surface area contributed by atoms with Gasteiger partial charge in [0, 0.05) is 6.07 Å². The molecule has 0 radical (unpaired) electrons. The Kier molecular flexibility index (Phi) is 3.23. The summed E-state index contributed by atoms with van der Waals surface area (Å²) < 4.78 is 43.9. The molecule has 0 saturated heterocycles. The molecule has 0 spiro atoms. The molecule has 19 heavy (non-hydrogen) atoms. The highest BCUT2D eigenvalue weighted by molar-refractivity contribution is 7.92. The summed E-state index contributed by atoms with van der Waals surface area (Å²) in [5.41, 5.74) is 0.158. The van der Waals surface area contributed by atoms with Crippen LogP contribution in [-0.4, -0.2) is 13.6 Å². The zero-order valence-corrected chi connectivity index (χ0v) is 10.5. The Balaban J connectivity index is 2.37. The molecule has 8 heteroatoms. The molecule has 98 valence electrons. The summed E-state index contributed by atoms with van der Waals surface area (Å²) >= 11 is 0. The summed E-state index contributed by atoms with van der Waals surface area (Å²) in [4.78, 5) is -0.237. The molecule has 0 aliphatic carbocycles. The third-order valence-corrected chi connectivity index (χ3v) is 3.58. The average molecular weight is 281 g/mol. The van der Waals surface area contributed by atoms with E-state index in [1.807, 2.05) is 0 Å². The molecule has 0 aliphatic heterocycles. The number of hydrogen-bond donors (Lipinski definition) is 1. The van der Waals surface area contributed by atoms with Gasteiger partial charge in [0.05, 0.1) is 16.2 Å². The lowest BCUT2D eigenvalue weighted by Crippen LogP contribution is -2.12. The van der Waals surface area contributed by atoms with Crippen molar-refractivity contribution in [3.05, 3.63) is 41.3 Å². The zero-order valence-electron chi connectivity index (χ0n) is 9.71. The standard InChI is InChI=1S/C11H8FN3O3S/c1-7-4-11(18-14-7)15-19(16,17)9-2-3-10(12)8(5-9)6-13/h2-5,15H,1H3. The molecule has 1 aromatic heterocycles. The summed E-state index contributed by atoms with van der Waals surface area (Å²) in [5, 5.41) is 12.2. The Morgan fingerprint density at radius 2 is 2.16 bits per heavy atom. The lowest BCUT2D eigenvalue weighted by molar-refractivity contribution is 0.430. The van der Waals surface area contributed by atoms with Crippen LogP contribution < -0.4 is 4.72 Å². The number of anilines is 1. The van der Waals surface area contributed by atoms with Crippen molar-refractivity contribution in [2.45, 2.75) is 11.8 Å². The number of sulfonamides is 1. The maximum Gasteiger partial charge on any atom is 0.264 e. The monoisotopic (exact) mass is 281 g/mol. The topological polar surface area (TPSA) is 96.0 Å². The van der Waals surface area contributed by atoms with Crippen molar-refractivity contribution >= 4 is 15.9 Å². The van der Waals surface area contributed by atoms with E-state index >= 15 is 0 Å². The Hall–Kier alpha value is -2.40. The van der Waals surface area contributed by atoms with Crippen molar-refractivity contribution in [2.24, 2.45) is 0 Å². The summed E-state index contributed by atoms with van der Waals surface area (Å²) in [6, 6.07) is 5.89. The number of nitrogens with zero attached hydrogens (tertiary/aromatic N) is 2. The summed E-state index contributed by atoms with van der Waals surface area (Å²) in [5.74, 6) is -0.836. The Labute approximate surface area is 108 Å². The third kappa shape index (κ3) is 2.71. The summed E-state index contributed by atoms with van der Waals surface area (Å²) in [6.07, 6.45) is 0. The van der Waals surface area contributed by atoms with Crippen molar-refractivity contribution in [1.29, 1.82) is 5.26 Å². The molecule has 1 N–H and O–H groups in total. The molecule has 2 aromatic rings. The minimum Gasteiger partial charge on any atom is -0.338 e. The van der Waals surface area contributed by atoms with Crippen LogP contribution >= 0.6 is 0 Å². The van der Waals surface area contributed by atoms with E-state index in [4.69, 9.17) is 9.78 Å². The van der Waals surface area contributed by atoms with Gasteiger partial charge < -0.3 is 4.52 Å². The predicted octanol–water partition coefficient (Wildman–Crippen LogP) is 1.79. The van der Waals surface area contributed by atoms with Crippen molar-refractivity contribution in [3.8, 4) is 6.07 Å². The number of rotatable bonds is 3. The fraction of sp³-hybridized carbons (Fsp3) is 0.0909. The molecular weight excluding hydrogens is 273 g/mol. The first-order valence-corrected chi connectivity index (χ1v) is 6.56. The van der Waals surface area contributed by atoms with Gasteiger partial charge >= 0.3 is 0 Å². The van der Waals surface area contributed by atoms with Crippen LogP contribution in [0.2, 0.25) is 0 Å². The molecule has 1 heterocycles. The number of nitriles is 1. The first kappa shape index (κ1) is 13.0. The smallest absolute Gasteiger partial charge is 0.264 e. The van der Waals surface area contributed by atoms with Crippen molar-refractivity contribution in [3.63, 3.8) is 0 Å². The van der Waals surface area contributed by atoms with Gasteiger partial charge in [-0.05, 0) is 25.1 Å². The first-order valence-electron chi connectivity index (χ1n) is 5.08. The number of hydrogen-bond acceptors (Lipinski definition) is 5. The van der Waals surface area contributed by atoms with E-state index in [9.17, 15) is 12.8 Å². The third-order valence-electron chi connectivity index (χ3n) is 2.23. The number of benzene rings is 1. The highest BCUT2D eigenvalue weighted by atomic mass is 32.2. The molecule has 0 atom stereocenters. The Bertz CT molecular complexity index is 762. The van der Waals surface area contributed by atoms with Crippen LogP contribution in [0.5, 0.6) is 0 Å². The fourth-order valence-corrected chi connectivity index (χ4v) is 2.36. The predicted molar refractivity (Wildman–Crippen MR) is 63.2 cm³/mol. The van der Waals surface area contributed by atoms with Gasteiger partial charge in [-0.3, -0.25) is 0 Å². The Morgan fingerprint density at radius 3 is 2.74 bits per heavy atom. The van der Waals surface area contributed by atoms with Crippen LogP contribution in [0, 0.1) is 24.1 Å². The molecule has 0 bridgehead atoms. The van der Waals surface area contributed by atoms with Crippen molar-refractivity contribution in [2.75, 3.05) is 4.72 Å². The van der Waals surface area contributed by atoms with Crippen LogP contribution in [-0.2, 0) is 10.0 Å². The van der Waals surface area contributed by atoms with Gasteiger partial charge in [0.25, 0.3) is 10.0 Å². The van der Waals surface area contributed by atoms with Gasteiger partial charge in [0.15, 0.2) is 0 Å². The fourth-order valence-electron chi connectivity index (χ4n) is 1.36. The highest BCUT2D eigenvalue weighted by Crippen LogP contribution is 2.19. The number of aryl methyl sites for hydroxylation is 1. The van der Waals surface area contributed by atoms with Gasteiger partial charge in [-0.1, -0.05) is 5.16 Å². The second-order valence-electron chi connectivity index (χ2n) is 3.69. The molecule has 0 fully saturated rings. The lowest BCUT2D eigenvalue weighted by atomic mass is 10.2. The number of aromatic nitrogens is 1. The van der Waals surface area contributed by atoms with Crippen LogP contribution in [0.3, 0.4) is 0 Å². The average Bonchev–Trinajstić information content (AvgIpc) is 2.74. The minimum absolute atomic E-state index is 0.0552. The lowest BCUT2D eigenvalue weighted by Gasteiger charge is -2.05. The van der Waals surface area contributed by atoms with Crippen LogP contribution in [0.25, 0.3) is 0 Å². The maximum absolute atomic E-state index is 13.1. The van der Waals surface area contributed by atoms with Gasteiger partial charge in [0.2, 0.25) is 5.88 Å². The number of halogens is 1. The van der Waals surface area contributed by atoms with E-state index in [0.717, 1.165) is 18.2 Å². The van der Waals surface area contributed by atoms with Crippen LogP contribution in [0.4, 0.5) is 10.3 Å². The van der Waals surface area contributed by atoms with Crippen molar-refractivity contribution in [1.82, 2.24) is 5.16 Å². The second-order valence-corrected chi connectivity index (χ2v) is 5.37. The van der Waals surface area contributed by atoms with E-state index in [1.165, 1.54) is 6.07 Å². The number of nitrogens with one attached hydrogen (secondary N) is 1. The largest absolute Gasteiger partial charge is 0.338 e. The summed E-state index contributed by atoms with van der Waals surface area (Å²) in [7, 11) is -3.95. The molecule has 1 aromatic carbocycles. The summed E-state index contributed by atoms with van der Waals surface area (Å²) in [6.45, 7) is 1.63. The molecule has 0 aliphatic rings. The van der Waals surface area contributed by atoms with Crippen LogP contribution in [0.15, 0.2) is 33.7 Å². The molecule has 6 nitrogen and oxygen atoms in total. The zero-order chi connectivity index (χ0) is 14.0. The molecule has 0 saturated carbocycles. The van der Waals surface area contributed by atoms with Gasteiger partial charge in [-0.2, -0.15) is 5.26 Å². The maximum atomic E-state index is 13.1. The van der Waals surface area contributed by atoms with Crippen LogP contribution in [0.1, 0.15) is 11.3 Å². The molecular formula is C11H8FN3O3S. The first-order chi connectivity index (χ1) is 8.92. The van der Waals surface area contributed by atoms with E-state index in [-0.39, 0.29) is 16.3 Å². The SMILES string of the molecule is Cc1cc(NS(=O)(=O)c2ccc(F)c(C#N)c2)on1. The quantitative estimate of drug-likeness (QED) is 0.925. The van der Waals surface area contributed by atoms with Crippen molar-refractivity contribution < 1.29 is 17.3 Å². The minimum atomic E-state index is -3.95. The van der Waals surface area contributed by atoms with E-state index in [2.05, 4.69) is 9.88 Å². The van der Waals surface area contributed by atoms with E-state index < -0.39 is 15.8 Å². The van der Waals surface area contributed by atoms with E-state index in [0.29, 0.717) is 5.69 Å².